The molecule has 0 bridgehead atoms. The van der Waals surface area contributed by atoms with Crippen LogP contribution in [0.5, 0.6) is 0 Å². The lowest BCUT2D eigenvalue weighted by molar-refractivity contribution is 0.194. The van der Waals surface area contributed by atoms with Gasteiger partial charge in [0.2, 0.25) is 0 Å². The number of hydrogen-bond donors (Lipinski definition) is 2. The maximum Gasteiger partial charge on any atom is 0.0679 e. The van der Waals surface area contributed by atoms with E-state index in [0.717, 1.165) is 13.0 Å². The Kier molecular flexibility index (Phi) is 1.30. The van der Waals surface area contributed by atoms with Gasteiger partial charge in [0.1, 0.15) is 0 Å². The largest absolute Gasteiger partial charge is 0.392 e. The Balaban J connectivity index is 2.26. The molecule has 2 nitrogen and oxygen atoms in total. The molecule has 0 aromatic rings. The molecular weight excluding hydrogens is 90.1 g/mol. The van der Waals surface area contributed by atoms with Crippen LogP contribution in [0.3, 0.4) is 0 Å². The number of nitrogens with one attached hydrogen (secondary N) is 1. The molecule has 2 heteroatoms. The van der Waals surface area contributed by atoms with Crippen LogP contribution in [0, 0.1) is 0 Å². The van der Waals surface area contributed by atoms with Crippen LogP contribution in [-0.2, 0) is 0 Å². The molecule has 2 atom stereocenters. The van der Waals surface area contributed by atoms with E-state index in [-0.39, 0.29) is 6.10 Å². The Labute approximate surface area is 43.5 Å². The number of rotatable bonds is 0. The zero-order chi connectivity index (χ0) is 5.28. The summed E-state index contributed by atoms with van der Waals surface area (Å²) in [6.45, 7) is 2.86. The molecular formula is C5H11NO. The van der Waals surface area contributed by atoms with Gasteiger partial charge >= 0.3 is 0 Å². The van der Waals surface area contributed by atoms with Crippen LogP contribution in [0.2, 0.25) is 0 Å². The molecule has 2 N–H and O–H groups in total. The van der Waals surface area contributed by atoms with E-state index in [0.29, 0.717) is 6.04 Å². The van der Waals surface area contributed by atoms with Crippen LogP contribution in [0.25, 0.3) is 0 Å². The summed E-state index contributed by atoms with van der Waals surface area (Å²) >= 11 is 0. The van der Waals surface area contributed by atoms with Gasteiger partial charge in [-0.1, -0.05) is 0 Å². The molecule has 1 heterocycles. The molecule has 42 valence electrons. The molecule has 0 aromatic carbocycles. The third-order valence-electron chi connectivity index (χ3n) is 1.33. The van der Waals surface area contributed by atoms with Crippen molar-refractivity contribution in [3.63, 3.8) is 0 Å². The van der Waals surface area contributed by atoms with Gasteiger partial charge in [-0.25, -0.2) is 0 Å². The Morgan fingerprint density at radius 3 is 2.57 bits per heavy atom. The summed E-state index contributed by atoms with van der Waals surface area (Å²) in [7, 11) is 0. The van der Waals surface area contributed by atoms with E-state index in [9.17, 15) is 0 Å². The first-order valence-electron chi connectivity index (χ1n) is 2.70. The van der Waals surface area contributed by atoms with Gasteiger partial charge in [-0.3, -0.25) is 0 Å². The van der Waals surface area contributed by atoms with Crippen LogP contribution in [0.4, 0.5) is 0 Å². The van der Waals surface area contributed by atoms with Crippen molar-refractivity contribution in [3.8, 4) is 0 Å². The maximum atomic E-state index is 8.84. The van der Waals surface area contributed by atoms with Gasteiger partial charge in [0, 0.05) is 12.6 Å². The lowest BCUT2D eigenvalue weighted by Crippen LogP contribution is -2.17. The minimum Gasteiger partial charge on any atom is -0.392 e. The minimum absolute atomic E-state index is 0.0880. The molecule has 0 aromatic heterocycles. The van der Waals surface area contributed by atoms with E-state index in [1.807, 2.05) is 0 Å². The van der Waals surface area contributed by atoms with Crippen LogP contribution >= 0.6 is 0 Å². The van der Waals surface area contributed by atoms with Crippen molar-refractivity contribution in [2.24, 2.45) is 0 Å². The van der Waals surface area contributed by atoms with Gasteiger partial charge in [-0.15, -0.1) is 0 Å². The second-order valence-electron chi connectivity index (χ2n) is 2.20. The van der Waals surface area contributed by atoms with Gasteiger partial charge < -0.3 is 10.4 Å². The van der Waals surface area contributed by atoms with E-state index >= 15 is 0 Å². The van der Waals surface area contributed by atoms with Crippen LogP contribution in [0.1, 0.15) is 13.3 Å². The molecule has 0 spiro atoms. The fourth-order valence-corrected chi connectivity index (χ4v) is 0.912. The average Bonchev–Trinajstić information content (AvgIpc) is 1.87. The highest BCUT2D eigenvalue weighted by Gasteiger charge is 2.16. The molecule has 1 fully saturated rings. The molecule has 7 heavy (non-hydrogen) atoms. The first kappa shape index (κ1) is 5.06. The summed E-state index contributed by atoms with van der Waals surface area (Å²) < 4.78 is 0. The second-order valence-corrected chi connectivity index (χ2v) is 2.20. The summed E-state index contributed by atoms with van der Waals surface area (Å²) in [5.74, 6) is 0. The average molecular weight is 101 g/mol. The summed E-state index contributed by atoms with van der Waals surface area (Å²) in [5.41, 5.74) is 0. The zero-order valence-corrected chi connectivity index (χ0v) is 4.52. The molecule has 1 saturated heterocycles. The Hall–Kier alpha value is -0.0800. The quantitative estimate of drug-likeness (QED) is 0.440. The lowest BCUT2D eigenvalue weighted by Gasteiger charge is -1.95. The maximum absolute atomic E-state index is 8.84. The van der Waals surface area contributed by atoms with Crippen molar-refractivity contribution in [2.75, 3.05) is 6.54 Å². The fourth-order valence-electron chi connectivity index (χ4n) is 0.912. The molecule has 0 aliphatic carbocycles. The van der Waals surface area contributed by atoms with Crippen molar-refractivity contribution >= 4 is 0 Å². The summed E-state index contributed by atoms with van der Waals surface area (Å²) in [6.07, 6.45) is 0.829. The molecule has 0 saturated carbocycles. The Morgan fingerprint density at radius 2 is 2.43 bits per heavy atom. The van der Waals surface area contributed by atoms with Crippen LogP contribution in [0.15, 0.2) is 0 Å². The van der Waals surface area contributed by atoms with Gasteiger partial charge in [0.05, 0.1) is 6.10 Å². The van der Waals surface area contributed by atoms with E-state index in [4.69, 9.17) is 5.11 Å². The third-order valence-corrected chi connectivity index (χ3v) is 1.33. The van der Waals surface area contributed by atoms with E-state index in [1.54, 1.807) is 0 Å². The molecule has 1 aliphatic heterocycles. The van der Waals surface area contributed by atoms with E-state index in [1.165, 1.54) is 0 Å². The second kappa shape index (κ2) is 1.80. The molecule has 1 rings (SSSR count). The number of hydrogen-bond acceptors (Lipinski definition) is 2. The number of aliphatic hydroxyl groups excluding tert-OH is 1. The summed E-state index contributed by atoms with van der Waals surface area (Å²) in [4.78, 5) is 0. The third kappa shape index (κ3) is 1.14. The fraction of sp³-hybridized carbons (Fsp3) is 1.00. The van der Waals surface area contributed by atoms with Crippen LogP contribution in [-0.4, -0.2) is 23.8 Å². The van der Waals surface area contributed by atoms with Crippen LogP contribution < -0.4 is 5.32 Å². The Morgan fingerprint density at radius 1 is 1.71 bits per heavy atom. The molecule has 1 aliphatic rings. The van der Waals surface area contributed by atoms with Gasteiger partial charge in [-0.2, -0.15) is 0 Å². The monoisotopic (exact) mass is 101 g/mol. The minimum atomic E-state index is -0.0880. The number of aliphatic hydroxyl groups is 1. The SMILES string of the molecule is CC1C[C@@H](O)CN1. The summed E-state index contributed by atoms with van der Waals surface area (Å²) in [6, 6.07) is 0.523. The van der Waals surface area contributed by atoms with Crippen molar-refractivity contribution < 1.29 is 5.11 Å². The molecule has 0 radical (unpaired) electrons. The van der Waals surface area contributed by atoms with E-state index in [2.05, 4.69) is 12.2 Å². The predicted octanol–water partition coefficient (Wildman–Crippen LogP) is -0.271. The van der Waals surface area contributed by atoms with Crippen molar-refractivity contribution in [1.82, 2.24) is 5.32 Å². The van der Waals surface area contributed by atoms with E-state index < -0.39 is 0 Å². The van der Waals surface area contributed by atoms with Gasteiger partial charge in [-0.05, 0) is 13.3 Å². The highest BCUT2D eigenvalue weighted by atomic mass is 16.3. The number of β-amino-alcohol motifs (C(OH)–C–C–N with tert-alkyl or cyclic N) is 1. The van der Waals surface area contributed by atoms with Gasteiger partial charge in [0.15, 0.2) is 0 Å². The predicted molar refractivity (Wildman–Crippen MR) is 28.1 cm³/mol. The van der Waals surface area contributed by atoms with Crippen molar-refractivity contribution in [1.29, 1.82) is 0 Å². The first-order valence-corrected chi connectivity index (χ1v) is 2.70. The first-order chi connectivity index (χ1) is 3.29. The van der Waals surface area contributed by atoms with Gasteiger partial charge in [0.25, 0.3) is 0 Å². The zero-order valence-electron chi connectivity index (χ0n) is 4.52. The van der Waals surface area contributed by atoms with Crippen molar-refractivity contribution in [3.05, 3.63) is 0 Å². The molecule has 1 unspecified atom stereocenters. The topological polar surface area (TPSA) is 32.3 Å². The summed E-state index contributed by atoms with van der Waals surface area (Å²) in [5, 5.41) is 12.0. The standard InChI is InChI=1S/C5H11NO/c1-4-2-5(7)3-6-4/h4-7H,2-3H2,1H3/t4?,5-/m1/s1. The molecule has 0 amide bonds. The lowest BCUT2D eigenvalue weighted by atomic mass is 10.2. The normalized spacial score (nSPS) is 42.0. The highest BCUT2D eigenvalue weighted by Crippen LogP contribution is 2.03. The highest BCUT2D eigenvalue weighted by molar-refractivity contribution is 4.76. The Bertz CT molecular complexity index is 57.1. The van der Waals surface area contributed by atoms with Crippen molar-refractivity contribution in [2.45, 2.75) is 25.5 Å². The smallest absolute Gasteiger partial charge is 0.0679 e.